The molecule has 0 atom stereocenters. The second-order valence-electron chi connectivity index (χ2n) is 6.75. The molecule has 4 rings (SSSR count). The molecule has 23 heavy (non-hydrogen) atoms. The van der Waals surface area contributed by atoms with Crippen LogP contribution in [0.25, 0.3) is 11.0 Å². The second kappa shape index (κ2) is 4.98. The van der Waals surface area contributed by atoms with Crippen LogP contribution in [0.15, 0.2) is 30.5 Å². The maximum absolute atomic E-state index is 6.10. The lowest BCUT2D eigenvalue weighted by atomic mass is 10.0. The van der Waals surface area contributed by atoms with Crippen LogP contribution in [0.5, 0.6) is 5.75 Å². The molecule has 0 saturated heterocycles. The van der Waals surface area contributed by atoms with Gasteiger partial charge in [-0.2, -0.15) is 5.10 Å². The molecule has 2 N–H and O–H groups in total. The Morgan fingerprint density at radius 3 is 3.09 bits per heavy atom. The quantitative estimate of drug-likeness (QED) is 0.776. The Morgan fingerprint density at radius 1 is 1.35 bits per heavy atom. The molecule has 3 aromatic rings. The lowest BCUT2D eigenvalue weighted by Gasteiger charge is -2.18. The fourth-order valence-corrected chi connectivity index (χ4v) is 3.11. The Balaban J connectivity index is 1.57. The van der Waals surface area contributed by atoms with Crippen LogP contribution in [0.4, 0.5) is 5.69 Å². The molecule has 2 aromatic heterocycles. The van der Waals surface area contributed by atoms with E-state index in [2.05, 4.69) is 58.6 Å². The number of aryl methyl sites for hydroxylation is 1. The van der Waals surface area contributed by atoms with E-state index in [4.69, 9.17) is 4.74 Å². The van der Waals surface area contributed by atoms with Crippen molar-refractivity contribution in [2.75, 3.05) is 5.32 Å². The van der Waals surface area contributed by atoms with Gasteiger partial charge >= 0.3 is 0 Å². The normalized spacial score (nSPS) is 15.4. The Labute approximate surface area is 135 Å². The third-order valence-electron chi connectivity index (χ3n) is 4.23. The summed E-state index contributed by atoms with van der Waals surface area (Å²) in [6.45, 7) is 6.95. The van der Waals surface area contributed by atoms with Gasteiger partial charge in [0.2, 0.25) is 0 Å². The molecule has 0 fully saturated rings. The Kier molecular flexibility index (Phi) is 3.04. The zero-order valence-electron chi connectivity index (χ0n) is 13.6. The van der Waals surface area contributed by atoms with Crippen LogP contribution in [0.3, 0.4) is 0 Å². The number of nitrogens with zero attached hydrogens (tertiary/aromatic N) is 2. The first-order chi connectivity index (χ1) is 11.0. The number of para-hydroxylation sites is 1. The number of benzene rings is 1. The molecule has 0 saturated carbocycles. The van der Waals surface area contributed by atoms with E-state index in [1.54, 1.807) is 0 Å². The molecule has 0 unspecified atom stereocenters. The minimum absolute atomic E-state index is 0.130. The predicted molar refractivity (Wildman–Crippen MR) is 90.8 cm³/mol. The van der Waals surface area contributed by atoms with E-state index in [1.165, 1.54) is 5.56 Å². The fourth-order valence-electron chi connectivity index (χ4n) is 3.11. The first-order valence-electron chi connectivity index (χ1n) is 7.86. The minimum atomic E-state index is -0.130. The third-order valence-corrected chi connectivity index (χ3v) is 4.23. The minimum Gasteiger partial charge on any atom is -0.485 e. The lowest BCUT2D eigenvalue weighted by Crippen LogP contribution is -2.24. The summed E-state index contributed by atoms with van der Waals surface area (Å²) in [7, 11) is 0. The zero-order valence-corrected chi connectivity index (χ0v) is 13.6. The molecule has 0 aliphatic carbocycles. The number of ether oxygens (including phenoxy) is 1. The molecule has 5 nitrogen and oxygen atoms in total. The summed E-state index contributed by atoms with van der Waals surface area (Å²) in [5.74, 6) is 0.978. The van der Waals surface area contributed by atoms with Crippen LogP contribution >= 0.6 is 0 Å². The van der Waals surface area contributed by atoms with E-state index in [1.807, 2.05) is 13.1 Å². The van der Waals surface area contributed by atoms with Gasteiger partial charge in [0.1, 0.15) is 11.4 Å². The molecule has 1 aliphatic heterocycles. The average molecular weight is 308 g/mol. The van der Waals surface area contributed by atoms with E-state index in [-0.39, 0.29) is 5.60 Å². The van der Waals surface area contributed by atoms with E-state index >= 15 is 0 Å². The van der Waals surface area contributed by atoms with Crippen LogP contribution in [0, 0.1) is 6.92 Å². The van der Waals surface area contributed by atoms with E-state index in [9.17, 15) is 0 Å². The van der Waals surface area contributed by atoms with Crippen LogP contribution in [-0.4, -0.2) is 20.8 Å². The number of nitrogens with one attached hydrogen (secondary N) is 2. The van der Waals surface area contributed by atoms with Crippen molar-refractivity contribution in [1.29, 1.82) is 0 Å². The highest BCUT2D eigenvalue weighted by molar-refractivity contribution is 5.78. The van der Waals surface area contributed by atoms with E-state index in [0.717, 1.165) is 40.1 Å². The van der Waals surface area contributed by atoms with Gasteiger partial charge in [0.25, 0.3) is 0 Å². The number of pyridine rings is 1. The van der Waals surface area contributed by atoms with Gasteiger partial charge in [-0.25, -0.2) is 4.98 Å². The second-order valence-corrected chi connectivity index (χ2v) is 6.75. The number of hydrogen-bond donors (Lipinski definition) is 2. The van der Waals surface area contributed by atoms with Gasteiger partial charge in [-0.3, -0.25) is 5.10 Å². The molecule has 118 valence electrons. The van der Waals surface area contributed by atoms with E-state index < -0.39 is 0 Å². The monoisotopic (exact) mass is 308 g/mol. The topological polar surface area (TPSA) is 62.8 Å². The number of anilines is 1. The van der Waals surface area contributed by atoms with Crippen molar-refractivity contribution in [2.45, 2.75) is 39.3 Å². The van der Waals surface area contributed by atoms with Crippen molar-refractivity contribution in [3.8, 4) is 5.75 Å². The summed E-state index contributed by atoms with van der Waals surface area (Å²) in [5.41, 5.74) is 5.10. The Hall–Kier alpha value is -2.56. The highest BCUT2D eigenvalue weighted by Crippen LogP contribution is 2.40. The Morgan fingerprint density at radius 2 is 2.22 bits per heavy atom. The zero-order chi connectivity index (χ0) is 16.0. The Bertz CT molecular complexity index is 882. The summed E-state index contributed by atoms with van der Waals surface area (Å²) < 4.78 is 6.10. The molecule has 0 radical (unpaired) electrons. The molecule has 1 aromatic carbocycles. The molecule has 0 bridgehead atoms. The summed E-state index contributed by atoms with van der Waals surface area (Å²) in [5, 5.41) is 11.7. The first kappa shape index (κ1) is 14.1. The maximum atomic E-state index is 6.10. The van der Waals surface area contributed by atoms with Crippen LogP contribution < -0.4 is 10.1 Å². The average Bonchev–Trinajstić information content (AvgIpc) is 3.04. The van der Waals surface area contributed by atoms with E-state index in [0.29, 0.717) is 6.54 Å². The molecular formula is C18H20N4O. The number of hydrogen-bond acceptors (Lipinski definition) is 4. The summed E-state index contributed by atoms with van der Waals surface area (Å²) >= 11 is 0. The summed E-state index contributed by atoms with van der Waals surface area (Å²) in [6.07, 6.45) is 2.81. The number of aromatic amines is 1. The van der Waals surface area contributed by atoms with Crippen molar-refractivity contribution in [3.05, 3.63) is 47.3 Å². The fraction of sp³-hybridized carbons (Fsp3) is 0.333. The largest absolute Gasteiger partial charge is 0.485 e. The highest BCUT2D eigenvalue weighted by Gasteiger charge is 2.31. The number of rotatable bonds is 3. The van der Waals surface area contributed by atoms with Gasteiger partial charge in [-0.05, 0) is 38.5 Å². The molecule has 0 spiro atoms. The summed E-state index contributed by atoms with van der Waals surface area (Å²) in [4.78, 5) is 4.40. The molecule has 1 aliphatic rings. The van der Waals surface area contributed by atoms with Crippen molar-refractivity contribution in [2.24, 2.45) is 0 Å². The first-order valence-corrected chi connectivity index (χ1v) is 7.86. The van der Waals surface area contributed by atoms with Gasteiger partial charge in [0.15, 0.2) is 5.65 Å². The highest BCUT2D eigenvalue weighted by atomic mass is 16.5. The standard InChI is InChI=1S/C18H20N4O/c1-11-14-7-12(10-20-17(14)22-21-11)9-19-15-6-4-5-13-8-18(2,3)23-16(13)15/h4-7,10,19H,8-9H2,1-3H3,(H,20,21,22). The van der Waals surface area contributed by atoms with Crippen molar-refractivity contribution in [3.63, 3.8) is 0 Å². The third kappa shape index (κ3) is 2.52. The number of H-pyrrole nitrogens is 1. The molecule has 3 heterocycles. The van der Waals surface area contributed by atoms with Crippen LogP contribution in [0.1, 0.15) is 30.7 Å². The van der Waals surface area contributed by atoms with Gasteiger partial charge < -0.3 is 10.1 Å². The van der Waals surface area contributed by atoms with Crippen molar-refractivity contribution in [1.82, 2.24) is 15.2 Å². The smallest absolute Gasteiger partial charge is 0.181 e. The van der Waals surface area contributed by atoms with Gasteiger partial charge in [0.05, 0.1) is 5.69 Å². The number of aromatic nitrogens is 3. The summed E-state index contributed by atoms with van der Waals surface area (Å²) in [6, 6.07) is 8.41. The molecule has 0 amide bonds. The molecule has 5 heteroatoms. The van der Waals surface area contributed by atoms with Crippen LogP contribution in [-0.2, 0) is 13.0 Å². The van der Waals surface area contributed by atoms with Gasteiger partial charge in [0, 0.05) is 35.8 Å². The van der Waals surface area contributed by atoms with Gasteiger partial charge in [-0.15, -0.1) is 0 Å². The lowest BCUT2D eigenvalue weighted by molar-refractivity contribution is 0.139. The van der Waals surface area contributed by atoms with Gasteiger partial charge in [-0.1, -0.05) is 12.1 Å². The SMILES string of the molecule is Cc1[nH]nc2ncc(CNc3cccc4c3OC(C)(C)C4)cc12. The predicted octanol–water partition coefficient (Wildman–Crippen LogP) is 3.59. The molecular weight excluding hydrogens is 288 g/mol. The van der Waals surface area contributed by atoms with Crippen molar-refractivity contribution < 1.29 is 4.74 Å². The maximum Gasteiger partial charge on any atom is 0.181 e. The van der Waals surface area contributed by atoms with Crippen molar-refractivity contribution >= 4 is 16.7 Å². The van der Waals surface area contributed by atoms with Crippen LogP contribution in [0.2, 0.25) is 0 Å². The number of fused-ring (bicyclic) bond motifs is 2.